The molecule has 1 aromatic rings. The predicted molar refractivity (Wildman–Crippen MR) is 66.0 cm³/mol. The SMILES string of the molecule is CO[C@@H](C)c1ccc(C)cc1NC(=O)CCl. The highest BCUT2D eigenvalue weighted by Crippen LogP contribution is 2.26. The van der Waals surface area contributed by atoms with Crippen LogP contribution in [-0.2, 0) is 9.53 Å². The van der Waals surface area contributed by atoms with Gasteiger partial charge in [-0.1, -0.05) is 12.1 Å². The fourth-order valence-corrected chi connectivity index (χ4v) is 1.51. The molecule has 0 aliphatic carbocycles. The summed E-state index contributed by atoms with van der Waals surface area (Å²) in [5.41, 5.74) is 2.79. The van der Waals surface area contributed by atoms with Crippen molar-refractivity contribution in [1.82, 2.24) is 0 Å². The normalized spacial score (nSPS) is 12.2. The Bertz CT molecular complexity index is 379. The topological polar surface area (TPSA) is 38.3 Å². The van der Waals surface area contributed by atoms with Crippen molar-refractivity contribution in [2.45, 2.75) is 20.0 Å². The zero-order chi connectivity index (χ0) is 12.1. The number of methoxy groups -OCH3 is 1. The molecule has 0 aliphatic heterocycles. The summed E-state index contributed by atoms with van der Waals surface area (Å²) >= 11 is 5.46. The second-order valence-electron chi connectivity index (χ2n) is 3.65. The van der Waals surface area contributed by atoms with E-state index in [1.807, 2.05) is 32.0 Å². The molecule has 0 saturated heterocycles. The maximum absolute atomic E-state index is 11.3. The fraction of sp³-hybridized carbons (Fsp3) is 0.417. The highest BCUT2D eigenvalue weighted by Gasteiger charge is 2.11. The number of halogens is 1. The third kappa shape index (κ3) is 3.22. The van der Waals surface area contributed by atoms with Crippen molar-refractivity contribution in [1.29, 1.82) is 0 Å². The van der Waals surface area contributed by atoms with Crippen LogP contribution in [0.1, 0.15) is 24.2 Å². The number of nitrogens with one attached hydrogen (secondary N) is 1. The lowest BCUT2D eigenvalue weighted by molar-refractivity contribution is -0.113. The summed E-state index contributed by atoms with van der Waals surface area (Å²) in [5.74, 6) is -0.258. The zero-order valence-corrected chi connectivity index (χ0v) is 10.5. The monoisotopic (exact) mass is 241 g/mol. The highest BCUT2D eigenvalue weighted by atomic mass is 35.5. The molecule has 0 spiro atoms. The first-order chi connectivity index (χ1) is 7.58. The molecule has 1 rings (SSSR count). The molecule has 88 valence electrons. The number of carbonyl (C=O) groups excluding carboxylic acids is 1. The quantitative estimate of drug-likeness (QED) is 0.824. The Morgan fingerprint density at radius 1 is 1.56 bits per heavy atom. The lowest BCUT2D eigenvalue weighted by atomic mass is 10.1. The minimum absolute atomic E-state index is 0.0469. The Hall–Kier alpha value is -1.06. The first-order valence-electron chi connectivity index (χ1n) is 5.07. The van der Waals surface area contributed by atoms with Crippen molar-refractivity contribution in [3.63, 3.8) is 0 Å². The number of benzene rings is 1. The molecule has 16 heavy (non-hydrogen) atoms. The van der Waals surface area contributed by atoms with E-state index < -0.39 is 0 Å². The second-order valence-corrected chi connectivity index (χ2v) is 3.92. The van der Waals surface area contributed by atoms with Crippen molar-refractivity contribution in [2.24, 2.45) is 0 Å². The van der Waals surface area contributed by atoms with Crippen molar-refractivity contribution < 1.29 is 9.53 Å². The van der Waals surface area contributed by atoms with Crippen LogP contribution in [-0.4, -0.2) is 18.9 Å². The number of alkyl halides is 1. The van der Waals surface area contributed by atoms with Crippen molar-refractivity contribution in [2.75, 3.05) is 18.3 Å². The summed E-state index contributed by atoms with van der Waals surface area (Å²) in [5, 5.41) is 2.77. The van der Waals surface area contributed by atoms with Crippen molar-refractivity contribution >= 4 is 23.2 Å². The summed E-state index contributed by atoms with van der Waals surface area (Å²) in [4.78, 5) is 11.3. The number of hydrogen-bond donors (Lipinski definition) is 1. The second kappa shape index (κ2) is 5.87. The van der Waals surface area contributed by atoms with Crippen LogP contribution in [0.25, 0.3) is 0 Å². The molecule has 0 heterocycles. The summed E-state index contributed by atoms with van der Waals surface area (Å²) in [6.07, 6.45) is -0.0637. The van der Waals surface area contributed by atoms with Gasteiger partial charge in [-0.05, 0) is 25.5 Å². The van der Waals surface area contributed by atoms with Crippen LogP contribution in [0.2, 0.25) is 0 Å². The number of hydrogen-bond acceptors (Lipinski definition) is 2. The minimum Gasteiger partial charge on any atom is -0.377 e. The van der Waals surface area contributed by atoms with Gasteiger partial charge in [0.1, 0.15) is 5.88 Å². The standard InChI is InChI=1S/C12H16ClNO2/c1-8-4-5-10(9(2)16-3)11(6-8)14-12(15)7-13/h4-6,9H,7H2,1-3H3,(H,14,15)/t9-/m0/s1. The molecule has 1 atom stereocenters. The van der Waals surface area contributed by atoms with Gasteiger partial charge in [0.05, 0.1) is 6.10 Å². The molecule has 1 N–H and O–H groups in total. The molecule has 0 fully saturated rings. The summed E-state index contributed by atoms with van der Waals surface area (Å²) in [7, 11) is 1.64. The van der Waals surface area contributed by atoms with Gasteiger partial charge in [-0.3, -0.25) is 4.79 Å². The first kappa shape index (κ1) is 13.0. The van der Waals surface area contributed by atoms with E-state index in [0.717, 1.165) is 16.8 Å². The average Bonchev–Trinajstić information content (AvgIpc) is 2.28. The van der Waals surface area contributed by atoms with E-state index in [0.29, 0.717) is 0 Å². The van der Waals surface area contributed by atoms with Crippen molar-refractivity contribution in [3.8, 4) is 0 Å². The maximum atomic E-state index is 11.3. The number of rotatable bonds is 4. The van der Waals surface area contributed by atoms with E-state index >= 15 is 0 Å². The molecular formula is C12H16ClNO2. The minimum atomic E-state index is -0.211. The van der Waals surface area contributed by atoms with E-state index in [9.17, 15) is 4.79 Å². The van der Waals surface area contributed by atoms with Gasteiger partial charge in [-0.2, -0.15) is 0 Å². The maximum Gasteiger partial charge on any atom is 0.239 e. The van der Waals surface area contributed by atoms with Crippen LogP contribution >= 0.6 is 11.6 Å². The van der Waals surface area contributed by atoms with Crippen LogP contribution in [0.5, 0.6) is 0 Å². The Kier molecular flexibility index (Phi) is 4.77. The molecule has 0 aromatic heterocycles. The Morgan fingerprint density at radius 3 is 2.81 bits per heavy atom. The number of carbonyl (C=O) groups is 1. The third-order valence-electron chi connectivity index (χ3n) is 2.40. The number of anilines is 1. The van der Waals surface area contributed by atoms with Crippen LogP contribution in [0.4, 0.5) is 5.69 Å². The lowest BCUT2D eigenvalue weighted by Gasteiger charge is -2.16. The molecule has 4 heteroatoms. The Labute approximate surface area is 101 Å². The average molecular weight is 242 g/mol. The Balaban J connectivity index is 3.03. The number of amides is 1. The summed E-state index contributed by atoms with van der Waals surface area (Å²) in [6, 6.07) is 5.85. The molecule has 0 aliphatic rings. The van der Waals surface area contributed by atoms with Crippen LogP contribution in [0.15, 0.2) is 18.2 Å². The third-order valence-corrected chi connectivity index (χ3v) is 2.64. The van der Waals surface area contributed by atoms with Gasteiger partial charge in [-0.15, -0.1) is 11.6 Å². The van der Waals surface area contributed by atoms with E-state index in [1.165, 1.54) is 0 Å². The van der Waals surface area contributed by atoms with Crippen LogP contribution in [0.3, 0.4) is 0 Å². The molecule has 0 bridgehead atoms. The zero-order valence-electron chi connectivity index (χ0n) is 9.71. The van der Waals surface area contributed by atoms with Gasteiger partial charge < -0.3 is 10.1 Å². The van der Waals surface area contributed by atoms with Gasteiger partial charge in [0, 0.05) is 18.4 Å². The molecule has 1 amide bonds. The predicted octanol–water partition coefficient (Wildman–Crippen LogP) is 2.88. The summed E-state index contributed by atoms with van der Waals surface area (Å²) < 4.78 is 5.25. The van der Waals surface area contributed by atoms with Gasteiger partial charge in [0.2, 0.25) is 5.91 Å². The van der Waals surface area contributed by atoms with Gasteiger partial charge in [-0.25, -0.2) is 0 Å². The molecule has 0 radical (unpaired) electrons. The molecule has 3 nitrogen and oxygen atoms in total. The Morgan fingerprint density at radius 2 is 2.25 bits per heavy atom. The number of aryl methyl sites for hydroxylation is 1. The van der Waals surface area contributed by atoms with Crippen LogP contribution in [0, 0.1) is 6.92 Å². The van der Waals surface area contributed by atoms with Gasteiger partial charge in [0.25, 0.3) is 0 Å². The van der Waals surface area contributed by atoms with E-state index in [-0.39, 0.29) is 17.9 Å². The molecule has 1 aromatic carbocycles. The largest absolute Gasteiger partial charge is 0.377 e. The van der Waals surface area contributed by atoms with E-state index in [4.69, 9.17) is 16.3 Å². The van der Waals surface area contributed by atoms with E-state index in [1.54, 1.807) is 7.11 Å². The first-order valence-corrected chi connectivity index (χ1v) is 5.61. The molecule has 0 saturated carbocycles. The smallest absolute Gasteiger partial charge is 0.239 e. The molecular weight excluding hydrogens is 226 g/mol. The summed E-state index contributed by atoms with van der Waals surface area (Å²) in [6.45, 7) is 3.90. The number of ether oxygens (including phenoxy) is 1. The van der Waals surface area contributed by atoms with Gasteiger partial charge >= 0.3 is 0 Å². The lowest BCUT2D eigenvalue weighted by Crippen LogP contribution is -2.15. The van der Waals surface area contributed by atoms with E-state index in [2.05, 4.69) is 5.32 Å². The highest BCUT2D eigenvalue weighted by molar-refractivity contribution is 6.29. The van der Waals surface area contributed by atoms with Crippen molar-refractivity contribution in [3.05, 3.63) is 29.3 Å². The van der Waals surface area contributed by atoms with Crippen LogP contribution < -0.4 is 5.32 Å². The van der Waals surface area contributed by atoms with Gasteiger partial charge in [0.15, 0.2) is 0 Å². The molecule has 0 unspecified atom stereocenters. The fourth-order valence-electron chi connectivity index (χ4n) is 1.44.